The number of cyclic esters (lactones) is 1. The molecule has 2 aliphatic rings. The zero-order chi connectivity index (χ0) is 20.8. The third-order valence-corrected chi connectivity index (χ3v) is 7.39. The van der Waals surface area contributed by atoms with Crippen LogP contribution in [-0.4, -0.2) is 39.7 Å². The van der Waals surface area contributed by atoms with Crippen LogP contribution in [0.2, 0.25) is 5.02 Å². The van der Waals surface area contributed by atoms with Crippen molar-refractivity contribution in [3.8, 4) is 5.75 Å². The van der Waals surface area contributed by atoms with Crippen molar-refractivity contribution in [2.24, 2.45) is 0 Å². The predicted molar refractivity (Wildman–Crippen MR) is 99.5 cm³/mol. The van der Waals surface area contributed by atoms with Crippen LogP contribution >= 0.6 is 11.6 Å². The number of fused-ring (bicyclic) bond motifs is 1. The van der Waals surface area contributed by atoms with Gasteiger partial charge in [0, 0.05) is 11.4 Å². The lowest BCUT2D eigenvalue weighted by Gasteiger charge is -2.35. The second kappa shape index (κ2) is 7.55. The van der Waals surface area contributed by atoms with Crippen LogP contribution in [0.5, 0.6) is 5.75 Å². The van der Waals surface area contributed by atoms with E-state index in [2.05, 4.69) is 5.32 Å². The van der Waals surface area contributed by atoms with E-state index < -0.39 is 56.1 Å². The minimum Gasteiger partial charge on any atom is -0.488 e. The Kier molecular flexibility index (Phi) is 5.22. The van der Waals surface area contributed by atoms with Crippen molar-refractivity contribution in [3.05, 3.63) is 58.6 Å². The number of carbonyl (C=O) groups is 1. The molecule has 0 spiro atoms. The van der Waals surface area contributed by atoms with E-state index in [9.17, 15) is 22.0 Å². The molecule has 6 nitrogen and oxygen atoms in total. The number of carbonyl (C=O) groups excluding carboxylic acids is 1. The summed E-state index contributed by atoms with van der Waals surface area (Å²) in [6.07, 6.45) is 0.335. The molecule has 0 bridgehead atoms. The minimum absolute atomic E-state index is 0.107. The van der Waals surface area contributed by atoms with Crippen LogP contribution in [0.25, 0.3) is 0 Å². The zero-order valence-electron chi connectivity index (χ0n) is 14.9. The van der Waals surface area contributed by atoms with Crippen molar-refractivity contribution in [2.75, 3.05) is 13.2 Å². The van der Waals surface area contributed by atoms with Gasteiger partial charge in [0.2, 0.25) is 0 Å². The second-order valence-corrected chi connectivity index (χ2v) is 9.29. The third kappa shape index (κ3) is 3.58. The number of rotatable bonds is 4. The Bertz CT molecular complexity index is 1060. The number of ether oxygens (including phenoxy) is 2. The smallest absolute Gasteiger partial charge is 0.323 e. The van der Waals surface area contributed by atoms with E-state index >= 15 is 0 Å². The maximum absolute atomic E-state index is 14.7. The molecule has 2 aromatic rings. The quantitative estimate of drug-likeness (QED) is 0.732. The Morgan fingerprint density at radius 3 is 2.38 bits per heavy atom. The lowest BCUT2D eigenvalue weighted by molar-refractivity contribution is -0.139. The highest BCUT2D eigenvalue weighted by molar-refractivity contribution is 7.91. The van der Waals surface area contributed by atoms with E-state index in [0.29, 0.717) is 11.4 Å². The lowest BCUT2D eigenvalue weighted by atomic mass is 10.00. The van der Waals surface area contributed by atoms with Gasteiger partial charge in [0.15, 0.2) is 21.4 Å². The molecule has 154 valence electrons. The van der Waals surface area contributed by atoms with Crippen molar-refractivity contribution in [2.45, 2.75) is 28.6 Å². The largest absolute Gasteiger partial charge is 0.488 e. The van der Waals surface area contributed by atoms with E-state index in [1.807, 2.05) is 0 Å². The molecule has 1 saturated heterocycles. The molecule has 2 aliphatic heterocycles. The Morgan fingerprint density at radius 1 is 1.03 bits per heavy atom. The van der Waals surface area contributed by atoms with Gasteiger partial charge in [-0.25, -0.2) is 17.2 Å². The molecular formula is C19H16ClF2NO5S. The summed E-state index contributed by atoms with van der Waals surface area (Å²) in [6, 6.07) is 5.35. The maximum atomic E-state index is 14.7. The van der Waals surface area contributed by atoms with Gasteiger partial charge in [-0.3, -0.25) is 10.1 Å². The monoisotopic (exact) mass is 443 g/mol. The summed E-state index contributed by atoms with van der Waals surface area (Å²) in [7, 11) is -4.20. The average Bonchev–Trinajstić information content (AvgIpc) is 3.09. The summed E-state index contributed by atoms with van der Waals surface area (Å²) < 4.78 is 66.1. The van der Waals surface area contributed by atoms with Crippen LogP contribution in [0.15, 0.2) is 41.3 Å². The minimum atomic E-state index is -4.20. The standard InChI is InChI=1S/C19H16ClF2NO5S/c20-10-1-3-11(4-2-10)29(25,26)18-15(23-14-7-8-27-19(14)24)9-28-17-13(22)6-5-12(21)16(17)18/h1-6,14-15,18,23H,7-9H2/t14-,15-,18+/m0/s1. The maximum Gasteiger partial charge on any atom is 0.323 e. The van der Waals surface area contributed by atoms with Gasteiger partial charge in [-0.15, -0.1) is 0 Å². The summed E-state index contributed by atoms with van der Waals surface area (Å²) >= 11 is 5.84. The van der Waals surface area contributed by atoms with Crippen LogP contribution in [0, 0.1) is 11.6 Å². The number of hydrogen-bond donors (Lipinski definition) is 1. The van der Waals surface area contributed by atoms with Crippen molar-refractivity contribution >= 4 is 27.4 Å². The van der Waals surface area contributed by atoms with Gasteiger partial charge in [-0.2, -0.15) is 0 Å². The van der Waals surface area contributed by atoms with E-state index in [1.165, 1.54) is 24.3 Å². The van der Waals surface area contributed by atoms with Crippen LogP contribution in [0.3, 0.4) is 0 Å². The first kappa shape index (κ1) is 20.1. The van der Waals surface area contributed by atoms with E-state index in [0.717, 1.165) is 12.1 Å². The van der Waals surface area contributed by atoms with Crippen molar-refractivity contribution in [1.82, 2.24) is 5.32 Å². The Morgan fingerprint density at radius 2 is 1.72 bits per heavy atom. The fourth-order valence-electron chi connectivity index (χ4n) is 3.61. The summed E-state index contributed by atoms with van der Waals surface area (Å²) in [4.78, 5) is 11.7. The van der Waals surface area contributed by atoms with E-state index in [1.54, 1.807) is 0 Å². The molecule has 3 atom stereocenters. The molecule has 10 heteroatoms. The van der Waals surface area contributed by atoms with Gasteiger partial charge in [-0.05, 0) is 36.4 Å². The van der Waals surface area contributed by atoms with Crippen molar-refractivity contribution in [1.29, 1.82) is 0 Å². The van der Waals surface area contributed by atoms with Gasteiger partial charge in [0.05, 0.1) is 23.1 Å². The molecule has 2 aromatic carbocycles. The molecular weight excluding hydrogens is 428 g/mol. The summed E-state index contributed by atoms with van der Waals surface area (Å²) in [5, 5.41) is 1.71. The number of hydrogen-bond acceptors (Lipinski definition) is 6. The number of halogens is 3. The topological polar surface area (TPSA) is 81.7 Å². The van der Waals surface area contributed by atoms with Gasteiger partial charge < -0.3 is 9.47 Å². The molecule has 2 heterocycles. The highest BCUT2D eigenvalue weighted by Crippen LogP contribution is 2.43. The van der Waals surface area contributed by atoms with Crippen LogP contribution in [0.4, 0.5) is 8.78 Å². The first-order valence-corrected chi connectivity index (χ1v) is 10.7. The molecule has 0 unspecified atom stereocenters. The van der Waals surface area contributed by atoms with Gasteiger partial charge in [-0.1, -0.05) is 11.6 Å². The summed E-state index contributed by atoms with van der Waals surface area (Å²) in [5.74, 6) is -2.75. The number of sulfone groups is 1. The highest BCUT2D eigenvalue weighted by Gasteiger charge is 2.46. The first-order chi connectivity index (χ1) is 13.8. The SMILES string of the molecule is O=C1OCC[C@@H]1N[C@H]1COc2c(F)ccc(F)c2[C@@H]1S(=O)(=O)c1ccc(Cl)cc1. The van der Waals surface area contributed by atoms with Gasteiger partial charge in [0.1, 0.15) is 23.7 Å². The molecule has 0 aliphatic carbocycles. The number of benzene rings is 2. The molecule has 0 amide bonds. The van der Waals surface area contributed by atoms with Gasteiger partial charge in [0.25, 0.3) is 0 Å². The third-order valence-electron chi connectivity index (χ3n) is 4.98. The lowest BCUT2D eigenvalue weighted by Crippen LogP contribution is -2.51. The molecule has 0 radical (unpaired) electrons. The highest BCUT2D eigenvalue weighted by atomic mass is 35.5. The normalized spacial score (nSPS) is 24.0. The molecule has 1 fully saturated rings. The number of esters is 1. The zero-order valence-corrected chi connectivity index (χ0v) is 16.5. The van der Waals surface area contributed by atoms with Gasteiger partial charge >= 0.3 is 5.97 Å². The fourth-order valence-corrected chi connectivity index (χ4v) is 5.66. The van der Waals surface area contributed by atoms with Crippen molar-refractivity contribution in [3.63, 3.8) is 0 Å². The Labute approximate surface area is 170 Å². The molecule has 29 heavy (non-hydrogen) atoms. The predicted octanol–water partition coefficient (Wildman–Crippen LogP) is 2.80. The summed E-state index contributed by atoms with van der Waals surface area (Å²) in [6.45, 7) is -0.0765. The van der Waals surface area contributed by atoms with E-state index in [4.69, 9.17) is 21.1 Å². The van der Waals surface area contributed by atoms with E-state index in [-0.39, 0.29) is 18.1 Å². The first-order valence-electron chi connectivity index (χ1n) is 8.82. The van der Waals surface area contributed by atoms with Crippen LogP contribution in [0.1, 0.15) is 17.2 Å². The Balaban J connectivity index is 1.83. The molecule has 4 rings (SSSR count). The van der Waals surface area contributed by atoms with Crippen molar-refractivity contribution < 1.29 is 31.5 Å². The number of nitrogens with one attached hydrogen (secondary N) is 1. The average molecular weight is 444 g/mol. The van der Waals surface area contributed by atoms with Crippen LogP contribution < -0.4 is 10.1 Å². The Hall–Kier alpha value is -2.23. The molecule has 1 N–H and O–H groups in total. The van der Waals surface area contributed by atoms with Crippen LogP contribution in [-0.2, 0) is 19.4 Å². The summed E-state index contributed by atoms with van der Waals surface area (Å²) in [5.41, 5.74) is -0.407. The second-order valence-electron chi connectivity index (χ2n) is 6.78. The molecule has 0 aromatic heterocycles. The fraction of sp³-hybridized carbons (Fsp3) is 0.316. The molecule has 0 saturated carbocycles.